The van der Waals surface area contributed by atoms with E-state index >= 15 is 0 Å². The number of carbonyl (C=O) groups is 1. The molecule has 1 heterocycles. The molecule has 0 bridgehead atoms. The Kier molecular flexibility index (Phi) is 7.03. The van der Waals surface area contributed by atoms with Gasteiger partial charge in [-0.2, -0.15) is 0 Å². The molecule has 1 amide bonds. The molecule has 0 saturated heterocycles. The first kappa shape index (κ1) is 20.6. The molecular weight excluding hydrogens is 364 g/mol. The Morgan fingerprint density at radius 3 is 2.55 bits per heavy atom. The average Bonchev–Trinajstić information content (AvgIpc) is 3.27. The molecule has 3 rings (SSSR count). The van der Waals surface area contributed by atoms with Crippen LogP contribution < -0.4 is 10.1 Å². The van der Waals surface area contributed by atoms with Crippen LogP contribution >= 0.6 is 0 Å². The van der Waals surface area contributed by atoms with Crippen LogP contribution in [0.15, 0.2) is 54.7 Å². The molecule has 0 fully saturated rings. The summed E-state index contributed by atoms with van der Waals surface area (Å²) in [5.74, 6) is 1.13. The van der Waals surface area contributed by atoms with Crippen LogP contribution in [-0.2, 0) is 0 Å². The van der Waals surface area contributed by atoms with Crippen LogP contribution in [0.25, 0.3) is 22.6 Å². The molecule has 3 aromatic rings. The van der Waals surface area contributed by atoms with Gasteiger partial charge in [-0.15, -0.1) is 0 Å². The molecule has 0 unspecified atom stereocenters. The van der Waals surface area contributed by atoms with E-state index in [-0.39, 0.29) is 5.91 Å². The third kappa shape index (κ3) is 5.03. The number of nitrogens with zero attached hydrogens (tertiary/aromatic N) is 2. The molecule has 0 spiro atoms. The normalized spacial score (nSPS) is 10.9. The van der Waals surface area contributed by atoms with Crippen LogP contribution in [0, 0.1) is 0 Å². The molecule has 0 atom stereocenters. The maximum atomic E-state index is 12.6. The lowest BCUT2D eigenvalue weighted by Crippen LogP contribution is -2.34. The summed E-state index contributed by atoms with van der Waals surface area (Å²) >= 11 is 0. The van der Waals surface area contributed by atoms with E-state index in [0.29, 0.717) is 17.9 Å². The lowest BCUT2D eigenvalue weighted by atomic mass is 10.1. The standard InChI is InChI=1S/C23H28N4O2/c1-4-27(5-2)14-13-24-23(28)19-12-11-18(15-21(19)29-3)22-25-16-20(26-22)17-9-7-6-8-10-17/h6-12,15-16H,4-5,13-14H2,1-3H3,(H,24,28)(H,25,26). The van der Waals surface area contributed by atoms with Crippen LogP contribution in [0.2, 0.25) is 0 Å². The number of imidazole rings is 1. The van der Waals surface area contributed by atoms with Gasteiger partial charge in [0, 0.05) is 18.7 Å². The zero-order valence-corrected chi connectivity index (χ0v) is 17.2. The topological polar surface area (TPSA) is 70.2 Å². The van der Waals surface area contributed by atoms with Gasteiger partial charge in [0.1, 0.15) is 11.6 Å². The maximum Gasteiger partial charge on any atom is 0.255 e. The van der Waals surface area contributed by atoms with Gasteiger partial charge < -0.3 is 19.9 Å². The van der Waals surface area contributed by atoms with E-state index in [1.807, 2.05) is 48.7 Å². The number of nitrogens with one attached hydrogen (secondary N) is 2. The van der Waals surface area contributed by atoms with Crippen molar-refractivity contribution in [2.45, 2.75) is 13.8 Å². The van der Waals surface area contributed by atoms with E-state index < -0.39 is 0 Å². The van der Waals surface area contributed by atoms with E-state index in [0.717, 1.165) is 42.3 Å². The fourth-order valence-electron chi connectivity index (χ4n) is 3.22. The second kappa shape index (κ2) is 9.89. The van der Waals surface area contributed by atoms with E-state index in [1.165, 1.54) is 0 Å². The van der Waals surface area contributed by atoms with Crippen molar-refractivity contribution in [2.24, 2.45) is 0 Å². The van der Waals surface area contributed by atoms with Gasteiger partial charge in [0.05, 0.1) is 24.6 Å². The van der Waals surface area contributed by atoms with Gasteiger partial charge in [0.15, 0.2) is 0 Å². The monoisotopic (exact) mass is 392 g/mol. The Morgan fingerprint density at radius 1 is 1.10 bits per heavy atom. The largest absolute Gasteiger partial charge is 0.496 e. The number of hydrogen-bond acceptors (Lipinski definition) is 4. The van der Waals surface area contributed by atoms with Crippen LogP contribution in [0.3, 0.4) is 0 Å². The number of aromatic amines is 1. The first-order valence-electron chi connectivity index (χ1n) is 9.95. The van der Waals surface area contributed by atoms with E-state index in [4.69, 9.17) is 4.74 Å². The highest BCUT2D eigenvalue weighted by molar-refractivity contribution is 5.97. The van der Waals surface area contributed by atoms with E-state index in [1.54, 1.807) is 13.2 Å². The highest BCUT2D eigenvalue weighted by Crippen LogP contribution is 2.27. The van der Waals surface area contributed by atoms with E-state index in [2.05, 4.69) is 34.0 Å². The van der Waals surface area contributed by atoms with Crippen LogP contribution in [0.5, 0.6) is 5.75 Å². The summed E-state index contributed by atoms with van der Waals surface area (Å²) in [6.45, 7) is 7.60. The third-order valence-electron chi connectivity index (χ3n) is 4.99. The molecule has 6 heteroatoms. The molecule has 2 aromatic carbocycles. The van der Waals surface area contributed by atoms with Crippen molar-refractivity contribution < 1.29 is 9.53 Å². The number of H-pyrrole nitrogens is 1. The highest BCUT2D eigenvalue weighted by Gasteiger charge is 2.15. The molecule has 0 aliphatic rings. The minimum Gasteiger partial charge on any atom is -0.496 e. The Morgan fingerprint density at radius 2 is 1.86 bits per heavy atom. The number of aromatic nitrogens is 2. The fourth-order valence-corrected chi connectivity index (χ4v) is 3.22. The molecule has 0 aliphatic carbocycles. The van der Waals surface area contributed by atoms with Gasteiger partial charge in [0.25, 0.3) is 5.91 Å². The Balaban J connectivity index is 1.74. The Labute approximate surface area is 171 Å². The van der Waals surface area contributed by atoms with Crippen molar-refractivity contribution in [3.05, 3.63) is 60.3 Å². The molecule has 152 valence electrons. The number of benzene rings is 2. The Bertz CT molecular complexity index is 933. The molecular formula is C23H28N4O2. The number of methoxy groups -OCH3 is 1. The predicted molar refractivity (Wildman–Crippen MR) is 116 cm³/mol. The molecule has 0 saturated carbocycles. The van der Waals surface area contributed by atoms with Crippen molar-refractivity contribution in [1.29, 1.82) is 0 Å². The van der Waals surface area contributed by atoms with Crippen molar-refractivity contribution in [1.82, 2.24) is 20.2 Å². The van der Waals surface area contributed by atoms with Gasteiger partial charge in [0.2, 0.25) is 0 Å². The summed E-state index contributed by atoms with van der Waals surface area (Å²) in [5.41, 5.74) is 3.40. The zero-order chi connectivity index (χ0) is 20.6. The number of likely N-dealkylation sites (N-methyl/N-ethyl adjacent to an activating group) is 1. The zero-order valence-electron chi connectivity index (χ0n) is 17.2. The number of carbonyl (C=O) groups excluding carboxylic acids is 1. The van der Waals surface area contributed by atoms with Crippen molar-refractivity contribution in [2.75, 3.05) is 33.3 Å². The first-order valence-corrected chi connectivity index (χ1v) is 9.95. The van der Waals surface area contributed by atoms with Crippen molar-refractivity contribution in [3.63, 3.8) is 0 Å². The number of rotatable bonds is 9. The first-order chi connectivity index (χ1) is 14.2. The Hall–Kier alpha value is -3.12. The summed E-state index contributed by atoms with van der Waals surface area (Å²) < 4.78 is 5.48. The summed E-state index contributed by atoms with van der Waals surface area (Å²) in [6, 6.07) is 15.5. The lowest BCUT2D eigenvalue weighted by Gasteiger charge is -2.18. The summed E-state index contributed by atoms with van der Waals surface area (Å²) in [6.07, 6.45) is 1.81. The molecule has 6 nitrogen and oxygen atoms in total. The summed E-state index contributed by atoms with van der Waals surface area (Å²) in [4.78, 5) is 22.7. The van der Waals surface area contributed by atoms with Gasteiger partial charge in [-0.05, 0) is 30.8 Å². The molecule has 2 N–H and O–H groups in total. The van der Waals surface area contributed by atoms with Gasteiger partial charge in [-0.1, -0.05) is 50.2 Å². The minimum atomic E-state index is -0.134. The molecule has 0 aliphatic heterocycles. The van der Waals surface area contributed by atoms with Gasteiger partial charge in [-0.3, -0.25) is 4.79 Å². The van der Waals surface area contributed by atoms with Crippen LogP contribution in [0.1, 0.15) is 24.2 Å². The SMILES string of the molecule is CCN(CC)CCNC(=O)c1ccc(-c2ncc(-c3ccccc3)[nH]2)cc1OC. The molecule has 0 radical (unpaired) electrons. The van der Waals surface area contributed by atoms with E-state index in [9.17, 15) is 4.79 Å². The lowest BCUT2D eigenvalue weighted by molar-refractivity contribution is 0.0946. The molecule has 29 heavy (non-hydrogen) atoms. The summed E-state index contributed by atoms with van der Waals surface area (Å²) in [5, 5.41) is 2.97. The summed E-state index contributed by atoms with van der Waals surface area (Å²) in [7, 11) is 1.57. The van der Waals surface area contributed by atoms with Crippen LogP contribution in [0.4, 0.5) is 0 Å². The number of hydrogen-bond donors (Lipinski definition) is 2. The molecule has 1 aromatic heterocycles. The maximum absolute atomic E-state index is 12.6. The second-order valence-electron chi connectivity index (χ2n) is 6.71. The van der Waals surface area contributed by atoms with Gasteiger partial charge in [-0.25, -0.2) is 4.98 Å². The fraction of sp³-hybridized carbons (Fsp3) is 0.304. The second-order valence-corrected chi connectivity index (χ2v) is 6.71. The number of amides is 1. The van der Waals surface area contributed by atoms with Crippen molar-refractivity contribution >= 4 is 5.91 Å². The number of ether oxygens (including phenoxy) is 1. The van der Waals surface area contributed by atoms with Crippen LogP contribution in [-0.4, -0.2) is 54.1 Å². The highest BCUT2D eigenvalue weighted by atomic mass is 16.5. The van der Waals surface area contributed by atoms with Gasteiger partial charge >= 0.3 is 0 Å². The van der Waals surface area contributed by atoms with Crippen molar-refractivity contribution in [3.8, 4) is 28.4 Å². The third-order valence-corrected chi connectivity index (χ3v) is 4.99. The average molecular weight is 393 g/mol. The smallest absolute Gasteiger partial charge is 0.255 e. The quantitative estimate of drug-likeness (QED) is 0.581. The minimum absolute atomic E-state index is 0.134. The predicted octanol–water partition coefficient (Wildman–Crippen LogP) is 3.82.